The zero-order valence-electron chi connectivity index (χ0n) is 19.5. The third kappa shape index (κ3) is 4.40. The van der Waals surface area contributed by atoms with E-state index in [4.69, 9.17) is 20.4 Å². The van der Waals surface area contributed by atoms with Crippen molar-refractivity contribution in [2.45, 2.75) is 0 Å². The van der Waals surface area contributed by atoms with Crippen molar-refractivity contribution in [2.24, 2.45) is 0 Å². The summed E-state index contributed by atoms with van der Waals surface area (Å²) in [5.41, 5.74) is 14.1. The smallest absolute Gasteiger partial charge is 0.129 e. The van der Waals surface area contributed by atoms with Crippen LogP contribution >= 0.6 is 0 Å². The zero-order valence-corrected chi connectivity index (χ0v) is 19.5. The molecule has 2 N–H and O–H groups in total. The number of hydrogen-bond acceptors (Lipinski definition) is 4. The Morgan fingerprint density at radius 1 is 0.444 bits per heavy atom. The van der Waals surface area contributed by atoms with Crippen LogP contribution in [0.3, 0.4) is 0 Å². The number of benzene rings is 5. The van der Waals surface area contributed by atoms with Gasteiger partial charge in [0.15, 0.2) is 0 Å². The summed E-state index contributed by atoms with van der Waals surface area (Å²) in [5.74, 6) is 1.41. The lowest BCUT2D eigenvalue weighted by molar-refractivity contribution is 0.483. The molecule has 0 unspecified atom stereocenters. The van der Waals surface area contributed by atoms with Crippen LogP contribution in [0.2, 0.25) is 0 Å². The molecule has 4 heteroatoms. The lowest BCUT2D eigenvalue weighted by Gasteiger charge is -2.12. The Morgan fingerprint density at radius 2 is 0.944 bits per heavy atom. The van der Waals surface area contributed by atoms with Crippen LogP contribution in [-0.2, 0) is 0 Å². The number of nitrogens with zero attached hydrogens (tertiary/aromatic N) is 2. The van der Waals surface area contributed by atoms with Gasteiger partial charge in [-0.2, -0.15) is 0 Å². The Balaban J connectivity index is 1.44. The van der Waals surface area contributed by atoms with Crippen LogP contribution in [-0.4, -0.2) is 9.97 Å². The molecule has 6 rings (SSSR count). The van der Waals surface area contributed by atoms with Crippen LogP contribution in [0.25, 0.3) is 44.7 Å². The number of anilines is 1. The molecule has 1 aromatic heterocycles. The number of rotatable bonds is 5. The second-order valence-corrected chi connectivity index (χ2v) is 8.55. The summed E-state index contributed by atoms with van der Waals surface area (Å²) in [7, 11) is 0. The van der Waals surface area contributed by atoms with Crippen LogP contribution < -0.4 is 10.5 Å². The van der Waals surface area contributed by atoms with Gasteiger partial charge >= 0.3 is 0 Å². The molecule has 0 fully saturated rings. The van der Waals surface area contributed by atoms with Crippen molar-refractivity contribution in [1.29, 1.82) is 0 Å². The standard InChI is InChI=1S/C32H23N3O/c33-26-15-17-27(18-16-26)36-28-19-20-29-30(21-28)35-32(31(34-29)24-9-5-2-6-10-24)25-13-11-23(12-14-25)22-7-3-1-4-8-22/h1-21H,33H2. The molecule has 0 aliphatic rings. The number of hydrogen-bond donors (Lipinski definition) is 1. The van der Waals surface area contributed by atoms with Crippen LogP contribution in [0.4, 0.5) is 5.69 Å². The van der Waals surface area contributed by atoms with Gasteiger partial charge in [-0.15, -0.1) is 0 Å². The SMILES string of the molecule is Nc1ccc(Oc2ccc3nc(-c4ccccc4)c(-c4ccc(-c5ccccc5)cc4)nc3c2)cc1. The van der Waals surface area contributed by atoms with Crippen molar-refractivity contribution in [2.75, 3.05) is 5.73 Å². The maximum absolute atomic E-state index is 6.04. The molecule has 0 spiro atoms. The third-order valence-corrected chi connectivity index (χ3v) is 6.06. The second-order valence-electron chi connectivity index (χ2n) is 8.55. The first-order valence-electron chi connectivity index (χ1n) is 11.8. The molecule has 5 aromatic carbocycles. The predicted molar refractivity (Wildman–Crippen MR) is 147 cm³/mol. The van der Waals surface area contributed by atoms with Gasteiger partial charge in [0, 0.05) is 22.9 Å². The van der Waals surface area contributed by atoms with Crippen molar-refractivity contribution in [1.82, 2.24) is 9.97 Å². The fourth-order valence-electron chi connectivity index (χ4n) is 4.22. The lowest BCUT2D eigenvalue weighted by Crippen LogP contribution is -1.96. The quantitative estimate of drug-likeness (QED) is 0.262. The molecule has 4 nitrogen and oxygen atoms in total. The van der Waals surface area contributed by atoms with Crippen LogP contribution in [0.5, 0.6) is 11.5 Å². The highest BCUT2D eigenvalue weighted by molar-refractivity contribution is 5.87. The van der Waals surface area contributed by atoms with E-state index >= 15 is 0 Å². The molecule has 6 aromatic rings. The van der Waals surface area contributed by atoms with E-state index in [1.165, 1.54) is 5.56 Å². The molecule has 1 heterocycles. The highest BCUT2D eigenvalue weighted by atomic mass is 16.5. The number of nitrogens with two attached hydrogens (primary N) is 1. The van der Waals surface area contributed by atoms with Crippen molar-refractivity contribution >= 4 is 16.7 Å². The van der Waals surface area contributed by atoms with E-state index in [-0.39, 0.29) is 0 Å². The van der Waals surface area contributed by atoms with Crippen LogP contribution in [0.1, 0.15) is 0 Å². The first kappa shape index (κ1) is 21.6. The summed E-state index contributed by atoms with van der Waals surface area (Å²) in [6, 6.07) is 42.1. The van der Waals surface area contributed by atoms with Gasteiger partial charge in [-0.1, -0.05) is 84.9 Å². The van der Waals surface area contributed by atoms with E-state index in [2.05, 4.69) is 60.7 Å². The van der Waals surface area contributed by atoms with Crippen molar-refractivity contribution in [3.8, 4) is 45.1 Å². The number of ether oxygens (including phenoxy) is 1. The van der Waals surface area contributed by atoms with Crippen LogP contribution in [0.15, 0.2) is 127 Å². The average molecular weight is 466 g/mol. The molecule has 0 saturated heterocycles. The maximum atomic E-state index is 6.04. The van der Waals surface area contributed by atoms with E-state index in [0.29, 0.717) is 17.2 Å². The highest BCUT2D eigenvalue weighted by Gasteiger charge is 2.14. The van der Waals surface area contributed by atoms with E-state index in [1.54, 1.807) is 0 Å². The third-order valence-electron chi connectivity index (χ3n) is 6.06. The summed E-state index contributed by atoms with van der Waals surface area (Å²) in [6.07, 6.45) is 0. The topological polar surface area (TPSA) is 61.0 Å². The molecule has 0 atom stereocenters. The predicted octanol–water partition coefficient (Wildman–Crippen LogP) is 8.01. The highest BCUT2D eigenvalue weighted by Crippen LogP contribution is 2.34. The number of nitrogen functional groups attached to an aromatic ring is 1. The summed E-state index contributed by atoms with van der Waals surface area (Å²) in [6.45, 7) is 0. The van der Waals surface area contributed by atoms with E-state index in [0.717, 1.165) is 39.1 Å². The Kier molecular flexibility index (Phi) is 5.60. The maximum Gasteiger partial charge on any atom is 0.129 e. The first-order valence-corrected chi connectivity index (χ1v) is 11.8. The molecular weight excluding hydrogens is 442 g/mol. The van der Waals surface area contributed by atoms with Gasteiger partial charge < -0.3 is 10.5 Å². The van der Waals surface area contributed by atoms with Gasteiger partial charge in [0.05, 0.1) is 22.4 Å². The molecular formula is C32H23N3O. The summed E-state index contributed by atoms with van der Waals surface area (Å²) in [5, 5.41) is 0. The molecule has 0 saturated carbocycles. The van der Waals surface area contributed by atoms with E-state index in [1.807, 2.05) is 66.7 Å². The van der Waals surface area contributed by atoms with Crippen molar-refractivity contribution in [3.63, 3.8) is 0 Å². The Labute approximate surface area is 209 Å². The Hall–Kier alpha value is -4.96. The van der Waals surface area contributed by atoms with E-state index < -0.39 is 0 Å². The monoisotopic (exact) mass is 465 g/mol. The van der Waals surface area contributed by atoms with Gasteiger partial charge in [-0.3, -0.25) is 0 Å². The van der Waals surface area contributed by atoms with Gasteiger partial charge in [0.1, 0.15) is 11.5 Å². The Morgan fingerprint density at radius 3 is 1.61 bits per heavy atom. The summed E-state index contributed by atoms with van der Waals surface area (Å²) in [4.78, 5) is 10.1. The zero-order chi connectivity index (χ0) is 24.3. The summed E-state index contributed by atoms with van der Waals surface area (Å²) >= 11 is 0. The minimum Gasteiger partial charge on any atom is -0.457 e. The fraction of sp³-hybridized carbons (Fsp3) is 0. The second kappa shape index (κ2) is 9.35. The number of aromatic nitrogens is 2. The molecule has 36 heavy (non-hydrogen) atoms. The van der Waals surface area contributed by atoms with Crippen molar-refractivity contribution in [3.05, 3.63) is 127 Å². The average Bonchev–Trinajstić information content (AvgIpc) is 2.95. The normalized spacial score (nSPS) is 10.9. The first-order chi connectivity index (χ1) is 17.7. The molecule has 0 radical (unpaired) electrons. The van der Waals surface area contributed by atoms with E-state index in [9.17, 15) is 0 Å². The molecule has 0 aliphatic carbocycles. The van der Waals surface area contributed by atoms with Gasteiger partial charge in [-0.25, -0.2) is 9.97 Å². The Bertz CT molecular complexity index is 1630. The molecule has 172 valence electrons. The van der Waals surface area contributed by atoms with Gasteiger partial charge in [0.2, 0.25) is 0 Å². The minimum atomic E-state index is 0.694. The summed E-state index contributed by atoms with van der Waals surface area (Å²) < 4.78 is 6.04. The number of fused-ring (bicyclic) bond motifs is 1. The minimum absolute atomic E-state index is 0.694. The molecule has 0 bridgehead atoms. The van der Waals surface area contributed by atoms with Crippen LogP contribution in [0, 0.1) is 0 Å². The van der Waals surface area contributed by atoms with Gasteiger partial charge in [-0.05, 0) is 47.5 Å². The fourth-order valence-corrected chi connectivity index (χ4v) is 4.22. The molecule has 0 amide bonds. The van der Waals surface area contributed by atoms with Crippen molar-refractivity contribution < 1.29 is 4.74 Å². The largest absolute Gasteiger partial charge is 0.457 e. The molecule has 0 aliphatic heterocycles. The van der Waals surface area contributed by atoms with Gasteiger partial charge in [0.25, 0.3) is 0 Å². The lowest BCUT2D eigenvalue weighted by atomic mass is 10.00.